The first-order valence-electron chi connectivity index (χ1n) is 7.52. The van der Waals surface area contributed by atoms with Crippen LogP contribution in [0.5, 0.6) is 0 Å². The maximum atomic E-state index is 12.1. The maximum Gasteiger partial charge on any atom is 0.360 e. The summed E-state index contributed by atoms with van der Waals surface area (Å²) in [4.78, 5) is 23.0. The van der Waals surface area contributed by atoms with Gasteiger partial charge in [0.15, 0.2) is 5.69 Å². The Labute approximate surface area is 153 Å². The quantitative estimate of drug-likeness (QED) is 0.387. The molecule has 3 rings (SSSR count). The second-order valence-electron chi connectivity index (χ2n) is 5.31. The molecule has 9 heteroatoms. The minimum atomic E-state index is -0.756. The summed E-state index contributed by atoms with van der Waals surface area (Å²) >= 11 is 6.23. The Morgan fingerprint density at radius 2 is 1.96 bits per heavy atom. The summed E-state index contributed by atoms with van der Waals surface area (Å²) in [6.45, 7) is 0.253. The molecule has 132 valence electrons. The standard InChI is InChI=1S/C17H13ClN4O4/c1-26-17(23)15-16(14-12(18)8-5-9-13(14)22(24)25)21(20-19-15)10-11-6-3-2-4-7-11/h2-9H,10H2,1H3. The van der Waals surface area contributed by atoms with E-state index in [1.807, 2.05) is 30.3 Å². The molecule has 26 heavy (non-hydrogen) atoms. The van der Waals surface area contributed by atoms with Crippen LogP contribution in [0, 0.1) is 10.1 Å². The largest absolute Gasteiger partial charge is 0.464 e. The molecule has 0 saturated carbocycles. The summed E-state index contributed by atoms with van der Waals surface area (Å²) in [5, 5.41) is 19.4. The molecule has 8 nitrogen and oxygen atoms in total. The highest BCUT2D eigenvalue weighted by atomic mass is 35.5. The van der Waals surface area contributed by atoms with Crippen molar-refractivity contribution in [2.24, 2.45) is 0 Å². The van der Waals surface area contributed by atoms with E-state index in [1.54, 1.807) is 0 Å². The molecule has 0 spiro atoms. The molecule has 0 aliphatic heterocycles. The Kier molecular flexibility index (Phi) is 4.94. The first-order chi connectivity index (χ1) is 12.5. The number of halogens is 1. The van der Waals surface area contributed by atoms with E-state index in [4.69, 9.17) is 16.3 Å². The van der Waals surface area contributed by atoms with Crippen molar-refractivity contribution < 1.29 is 14.5 Å². The average molecular weight is 373 g/mol. The third-order valence-electron chi connectivity index (χ3n) is 3.71. The first-order valence-corrected chi connectivity index (χ1v) is 7.89. The van der Waals surface area contributed by atoms with Crippen molar-refractivity contribution in [3.63, 3.8) is 0 Å². The Morgan fingerprint density at radius 3 is 2.62 bits per heavy atom. The van der Waals surface area contributed by atoms with Crippen molar-refractivity contribution >= 4 is 23.3 Å². The molecule has 0 amide bonds. The van der Waals surface area contributed by atoms with Crippen LogP contribution in [0.4, 0.5) is 5.69 Å². The molecular weight excluding hydrogens is 360 g/mol. The maximum absolute atomic E-state index is 12.1. The van der Waals surface area contributed by atoms with E-state index in [-0.39, 0.29) is 34.2 Å². The van der Waals surface area contributed by atoms with Crippen LogP contribution < -0.4 is 0 Å². The van der Waals surface area contributed by atoms with Gasteiger partial charge in [-0.1, -0.05) is 53.2 Å². The topological polar surface area (TPSA) is 100 Å². The van der Waals surface area contributed by atoms with Gasteiger partial charge in [-0.2, -0.15) is 0 Å². The van der Waals surface area contributed by atoms with Gasteiger partial charge in [0, 0.05) is 6.07 Å². The van der Waals surface area contributed by atoms with Crippen molar-refractivity contribution in [2.75, 3.05) is 7.11 Å². The Balaban J connectivity index is 2.24. The highest BCUT2D eigenvalue weighted by molar-refractivity contribution is 6.34. The van der Waals surface area contributed by atoms with Crippen LogP contribution in [0.15, 0.2) is 48.5 Å². The zero-order valence-electron chi connectivity index (χ0n) is 13.6. The van der Waals surface area contributed by atoms with Crippen LogP contribution in [-0.2, 0) is 11.3 Å². The minimum Gasteiger partial charge on any atom is -0.464 e. The van der Waals surface area contributed by atoms with Crippen LogP contribution in [-0.4, -0.2) is 33.0 Å². The second-order valence-corrected chi connectivity index (χ2v) is 5.72. The molecule has 0 fully saturated rings. The van der Waals surface area contributed by atoms with Crippen LogP contribution in [0.25, 0.3) is 11.3 Å². The average Bonchev–Trinajstić information content (AvgIpc) is 3.04. The molecule has 0 unspecified atom stereocenters. The highest BCUT2D eigenvalue weighted by Gasteiger charge is 2.29. The third-order valence-corrected chi connectivity index (χ3v) is 4.03. The van der Waals surface area contributed by atoms with E-state index in [1.165, 1.54) is 30.0 Å². The van der Waals surface area contributed by atoms with Crippen molar-refractivity contribution in [3.8, 4) is 11.3 Å². The predicted molar refractivity (Wildman–Crippen MR) is 94.0 cm³/mol. The van der Waals surface area contributed by atoms with Gasteiger partial charge in [0.1, 0.15) is 5.69 Å². The van der Waals surface area contributed by atoms with Gasteiger partial charge in [0.2, 0.25) is 0 Å². The molecule has 0 radical (unpaired) electrons. The molecule has 0 N–H and O–H groups in total. The van der Waals surface area contributed by atoms with Crippen LogP contribution in [0.3, 0.4) is 0 Å². The highest BCUT2D eigenvalue weighted by Crippen LogP contribution is 2.37. The molecule has 0 bridgehead atoms. The molecular formula is C17H13ClN4O4. The van der Waals surface area contributed by atoms with Gasteiger partial charge >= 0.3 is 5.97 Å². The number of esters is 1. The van der Waals surface area contributed by atoms with E-state index in [2.05, 4.69) is 10.3 Å². The third kappa shape index (κ3) is 3.27. The molecule has 3 aromatic rings. The van der Waals surface area contributed by atoms with E-state index < -0.39 is 10.9 Å². The fourth-order valence-electron chi connectivity index (χ4n) is 2.56. The fourth-order valence-corrected chi connectivity index (χ4v) is 2.82. The van der Waals surface area contributed by atoms with Gasteiger partial charge in [-0.25, -0.2) is 9.48 Å². The number of nitro groups is 1. The number of carbonyl (C=O) groups is 1. The van der Waals surface area contributed by atoms with Crippen LogP contribution in [0.2, 0.25) is 5.02 Å². The number of methoxy groups -OCH3 is 1. The Morgan fingerprint density at radius 1 is 1.23 bits per heavy atom. The molecule has 1 heterocycles. The predicted octanol–water partition coefficient (Wildman–Crippen LogP) is 3.34. The van der Waals surface area contributed by atoms with Crippen molar-refractivity contribution in [1.29, 1.82) is 0 Å². The summed E-state index contributed by atoms with van der Waals surface area (Å²) in [6, 6.07) is 13.6. The smallest absolute Gasteiger partial charge is 0.360 e. The molecule has 1 aromatic heterocycles. The molecule has 0 saturated heterocycles. The number of aromatic nitrogens is 3. The summed E-state index contributed by atoms with van der Waals surface area (Å²) in [5.74, 6) is -0.756. The summed E-state index contributed by atoms with van der Waals surface area (Å²) < 4.78 is 6.13. The summed E-state index contributed by atoms with van der Waals surface area (Å²) in [7, 11) is 1.20. The van der Waals surface area contributed by atoms with Crippen LogP contribution in [0.1, 0.15) is 16.1 Å². The van der Waals surface area contributed by atoms with Gasteiger partial charge in [0.05, 0.1) is 29.2 Å². The van der Waals surface area contributed by atoms with E-state index in [0.717, 1.165) is 5.56 Å². The van der Waals surface area contributed by atoms with Gasteiger partial charge in [-0.05, 0) is 11.6 Å². The number of carbonyl (C=O) groups excluding carboxylic acids is 1. The second kappa shape index (κ2) is 7.32. The number of ether oxygens (including phenoxy) is 1. The van der Waals surface area contributed by atoms with Crippen molar-refractivity contribution in [3.05, 3.63) is 74.9 Å². The summed E-state index contributed by atoms with van der Waals surface area (Å²) in [5.41, 5.74) is 0.696. The van der Waals surface area contributed by atoms with Gasteiger partial charge in [-0.15, -0.1) is 5.10 Å². The lowest BCUT2D eigenvalue weighted by atomic mass is 10.1. The SMILES string of the molecule is COC(=O)c1nnn(Cc2ccccc2)c1-c1c(Cl)cccc1[N+](=O)[O-]. The zero-order valence-corrected chi connectivity index (χ0v) is 14.4. The molecule has 0 aliphatic carbocycles. The van der Waals surface area contributed by atoms with Crippen LogP contribution >= 0.6 is 11.6 Å². The van der Waals surface area contributed by atoms with Crippen molar-refractivity contribution in [2.45, 2.75) is 6.54 Å². The Bertz CT molecular complexity index is 972. The lowest BCUT2D eigenvalue weighted by molar-refractivity contribution is -0.384. The number of nitrogens with zero attached hydrogens (tertiary/aromatic N) is 4. The van der Waals surface area contributed by atoms with Gasteiger partial charge in [0.25, 0.3) is 5.69 Å². The van der Waals surface area contributed by atoms with E-state index in [9.17, 15) is 14.9 Å². The van der Waals surface area contributed by atoms with Gasteiger partial charge < -0.3 is 4.74 Å². The number of rotatable bonds is 5. The Hall–Kier alpha value is -3.26. The minimum absolute atomic E-state index is 0.0699. The molecule has 0 aliphatic rings. The number of hydrogen-bond acceptors (Lipinski definition) is 6. The zero-order chi connectivity index (χ0) is 18.7. The van der Waals surface area contributed by atoms with Gasteiger partial charge in [-0.3, -0.25) is 10.1 Å². The first kappa shape index (κ1) is 17.6. The monoisotopic (exact) mass is 372 g/mol. The fraction of sp³-hybridized carbons (Fsp3) is 0.118. The van der Waals surface area contributed by atoms with E-state index in [0.29, 0.717) is 0 Å². The molecule has 0 atom stereocenters. The lowest BCUT2D eigenvalue weighted by Gasteiger charge is -2.10. The number of nitro benzene ring substituents is 1. The normalized spacial score (nSPS) is 10.5. The number of benzene rings is 2. The van der Waals surface area contributed by atoms with Crippen molar-refractivity contribution in [1.82, 2.24) is 15.0 Å². The number of hydrogen-bond donors (Lipinski definition) is 0. The van der Waals surface area contributed by atoms with E-state index >= 15 is 0 Å². The summed E-state index contributed by atoms with van der Waals surface area (Å²) in [6.07, 6.45) is 0. The molecule has 2 aromatic carbocycles. The lowest BCUT2D eigenvalue weighted by Crippen LogP contribution is -2.09.